The average molecular weight is 460 g/mol. The molecule has 0 spiro atoms. The number of morpholine rings is 1. The van der Waals surface area contributed by atoms with Crippen molar-refractivity contribution < 1.29 is 23.9 Å². The van der Waals surface area contributed by atoms with Gasteiger partial charge < -0.3 is 19.7 Å². The molecule has 2 heterocycles. The van der Waals surface area contributed by atoms with Gasteiger partial charge in [0.15, 0.2) is 6.23 Å². The first-order valence-electron chi connectivity index (χ1n) is 12.1. The van der Waals surface area contributed by atoms with Crippen molar-refractivity contribution in [1.29, 1.82) is 0 Å². The van der Waals surface area contributed by atoms with Crippen LogP contribution in [-0.2, 0) is 19.1 Å². The molecule has 0 bridgehead atoms. The summed E-state index contributed by atoms with van der Waals surface area (Å²) in [6, 6.07) is 7.36. The molecule has 33 heavy (non-hydrogen) atoms. The summed E-state index contributed by atoms with van der Waals surface area (Å²) in [7, 11) is 0. The van der Waals surface area contributed by atoms with Gasteiger partial charge in [0.25, 0.3) is 0 Å². The second kappa shape index (κ2) is 11.1. The number of hydrogen-bond acceptors (Lipinski definition) is 5. The highest BCUT2D eigenvalue weighted by Crippen LogP contribution is 2.46. The number of imide groups is 1. The molecule has 4 amide bonds. The monoisotopic (exact) mass is 459 g/mol. The fourth-order valence-electron chi connectivity index (χ4n) is 4.65. The molecule has 2 saturated heterocycles. The van der Waals surface area contributed by atoms with Crippen LogP contribution < -0.4 is 5.32 Å². The van der Waals surface area contributed by atoms with Gasteiger partial charge in [-0.05, 0) is 31.7 Å². The first kappa shape index (κ1) is 25.2. The van der Waals surface area contributed by atoms with Crippen LogP contribution in [0.5, 0.6) is 0 Å². The van der Waals surface area contributed by atoms with Gasteiger partial charge in [-0.3, -0.25) is 9.59 Å². The molecule has 2 atom stereocenters. The van der Waals surface area contributed by atoms with Crippen molar-refractivity contribution in [2.45, 2.75) is 65.6 Å². The topological polar surface area (TPSA) is 88.2 Å². The summed E-state index contributed by atoms with van der Waals surface area (Å²) in [6.07, 6.45) is 1.96. The van der Waals surface area contributed by atoms with E-state index >= 15 is 0 Å². The van der Waals surface area contributed by atoms with Crippen molar-refractivity contribution >= 4 is 17.8 Å². The van der Waals surface area contributed by atoms with Crippen LogP contribution in [0.3, 0.4) is 0 Å². The van der Waals surface area contributed by atoms with Gasteiger partial charge >= 0.3 is 6.03 Å². The summed E-state index contributed by atoms with van der Waals surface area (Å²) in [5.74, 6) is -0.393. The fraction of sp³-hybridized carbons (Fsp3) is 0.640. The largest absolute Gasteiger partial charge is 0.378 e. The zero-order valence-electron chi connectivity index (χ0n) is 20.3. The summed E-state index contributed by atoms with van der Waals surface area (Å²) in [4.78, 5) is 41.8. The Kier molecular flexibility index (Phi) is 8.48. The number of nitrogens with zero attached hydrogens (tertiary/aromatic N) is 2. The highest BCUT2D eigenvalue weighted by Gasteiger charge is 2.62. The molecule has 1 aromatic rings. The number of nitrogens with one attached hydrogen (secondary N) is 1. The lowest BCUT2D eigenvalue weighted by Crippen LogP contribution is -2.73. The maximum absolute atomic E-state index is 13.2. The minimum absolute atomic E-state index is 0.150. The molecule has 2 fully saturated rings. The van der Waals surface area contributed by atoms with E-state index in [9.17, 15) is 14.4 Å². The Morgan fingerprint density at radius 3 is 2.36 bits per heavy atom. The van der Waals surface area contributed by atoms with Crippen LogP contribution in [0.4, 0.5) is 4.79 Å². The van der Waals surface area contributed by atoms with Crippen LogP contribution in [0.15, 0.2) is 24.3 Å². The van der Waals surface area contributed by atoms with E-state index in [-0.39, 0.29) is 24.5 Å². The van der Waals surface area contributed by atoms with Crippen LogP contribution in [0.1, 0.15) is 63.6 Å². The van der Waals surface area contributed by atoms with E-state index < -0.39 is 17.7 Å². The van der Waals surface area contributed by atoms with Gasteiger partial charge in [0.1, 0.15) is 6.61 Å². The summed E-state index contributed by atoms with van der Waals surface area (Å²) < 4.78 is 11.3. The Morgan fingerprint density at radius 2 is 1.79 bits per heavy atom. The Morgan fingerprint density at radius 1 is 1.15 bits per heavy atom. The van der Waals surface area contributed by atoms with Crippen molar-refractivity contribution in [3.63, 3.8) is 0 Å². The van der Waals surface area contributed by atoms with E-state index in [1.807, 2.05) is 45.0 Å². The van der Waals surface area contributed by atoms with Gasteiger partial charge in [-0.25, -0.2) is 9.69 Å². The normalized spacial score (nSPS) is 20.8. The van der Waals surface area contributed by atoms with Crippen molar-refractivity contribution in [3.8, 4) is 0 Å². The molecule has 182 valence electrons. The zero-order chi connectivity index (χ0) is 24.0. The third-order valence-electron chi connectivity index (χ3n) is 6.92. The summed E-state index contributed by atoms with van der Waals surface area (Å²) in [5.41, 5.74) is 1.36. The smallest absolute Gasteiger partial charge is 0.326 e. The molecule has 8 nitrogen and oxygen atoms in total. The minimum atomic E-state index is -0.785. The number of hydrogen-bond donors (Lipinski definition) is 1. The number of carbonyl (C=O) groups excluding carboxylic acids is 3. The van der Waals surface area contributed by atoms with E-state index in [1.54, 1.807) is 4.90 Å². The summed E-state index contributed by atoms with van der Waals surface area (Å²) in [6.45, 7) is 9.82. The third kappa shape index (κ3) is 5.22. The van der Waals surface area contributed by atoms with Crippen molar-refractivity contribution in [1.82, 2.24) is 15.1 Å². The van der Waals surface area contributed by atoms with Gasteiger partial charge in [-0.15, -0.1) is 0 Å². The summed E-state index contributed by atoms with van der Waals surface area (Å²) >= 11 is 0. The number of likely N-dealkylation sites (tertiary alicyclic amines) is 1. The van der Waals surface area contributed by atoms with Gasteiger partial charge in [0.2, 0.25) is 11.8 Å². The minimum Gasteiger partial charge on any atom is -0.378 e. The van der Waals surface area contributed by atoms with Crippen LogP contribution in [-0.4, -0.2) is 66.8 Å². The number of aryl methyl sites for hydroxylation is 1. The molecule has 0 radical (unpaired) electrons. The highest BCUT2D eigenvalue weighted by atomic mass is 16.5. The molecule has 1 N–H and O–H groups in total. The van der Waals surface area contributed by atoms with Gasteiger partial charge in [-0.2, -0.15) is 0 Å². The molecule has 2 aliphatic heterocycles. The van der Waals surface area contributed by atoms with Crippen LogP contribution in [0.25, 0.3) is 0 Å². The van der Waals surface area contributed by atoms with E-state index in [2.05, 4.69) is 12.2 Å². The molecule has 1 aromatic carbocycles. The van der Waals surface area contributed by atoms with Crippen LogP contribution in [0, 0.1) is 12.3 Å². The Bertz CT molecular complexity index is 831. The maximum Gasteiger partial charge on any atom is 0.326 e. The van der Waals surface area contributed by atoms with Crippen LogP contribution >= 0.6 is 0 Å². The molecule has 8 heteroatoms. The average Bonchev–Trinajstić information content (AvgIpc) is 2.83. The standard InChI is InChI=1S/C25H37N3O5/c1-5-8-20(19-11-9-18(4)10-12-19)26-24(31)28-22(30)25(6-2,7-3)23(28)33-17-21(29)27-13-15-32-16-14-27/h9-12,20,23H,5-8,13-17H2,1-4H3,(H,26,31). The van der Waals surface area contributed by atoms with E-state index in [0.29, 0.717) is 39.1 Å². The predicted molar refractivity (Wildman–Crippen MR) is 124 cm³/mol. The Balaban J connectivity index is 1.72. The van der Waals surface area contributed by atoms with Gasteiger partial charge in [0.05, 0.1) is 24.7 Å². The molecule has 2 unspecified atom stereocenters. The Labute approximate surface area is 196 Å². The second-order valence-corrected chi connectivity index (χ2v) is 8.90. The lowest BCUT2D eigenvalue weighted by Gasteiger charge is -2.53. The number of ether oxygens (including phenoxy) is 2. The van der Waals surface area contributed by atoms with E-state index in [0.717, 1.165) is 28.9 Å². The highest BCUT2D eigenvalue weighted by molar-refractivity contribution is 6.03. The zero-order valence-corrected chi connectivity index (χ0v) is 20.3. The van der Waals surface area contributed by atoms with Gasteiger partial charge in [0, 0.05) is 13.1 Å². The number of rotatable bonds is 9. The molecular formula is C25H37N3O5. The number of amides is 4. The number of β-lactam (4-membered cyclic amide) rings is 1. The maximum atomic E-state index is 13.2. The molecular weight excluding hydrogens is 422 g/mol. The number of benzene rings is 1. The van der Waals surface area contributed by atoms with Crippen molar-refractivity contribution in [2.75, 3.05) is 32.9 Å². The van der Waals surface area contributed by atoms with Crippen molar-refractivity contribution in [3.05, 3.63) is 35.4 Å². The molecule has 0 aromatic heterocycles. The Hall–Kier alpha value is -2.45. The lowest BCUT2D eigenvalue weighted by molar-refractivity contribution is -0.212. The molecule has 0 aliphatic carbocycles. The fourth-order valence-corrected chi connectivity index (χ4v) is 4.65. The predicted octanol–water partition coefficient (Wildman–Crippen LogP) is 3.40. The van der Waals surface area contributed by atoms with Crippen LogP contribution in [0.2, 0.25) is 0 Å². The number of carbonyl (C=O) groups is 3. The molecule has 3 rings (SSSR count). The quantitative estimate of drug-likeness (QED) is 0.572. The SMILES string of the molecule is CCCC(NC(=O)N1C(=O)C(CC)(CC)C1OCC(=O)N1CCOCC1)c1ccc(C)cc1. The first-order valence-corrected chi connectivity index (χ1v) is 12.1. The third-order valence-corrected chi connectivity index (χ3v) is 6.92. The molecule has 2 aliphatic rings. The lowest BCUT2D eigenvalue weighted by atomic mass is 9.72. The van der Waals surface area contributed by atoms with Gasteiger partial charge in [-0.1, -0.05) is 57.0 Å². The summed E-state index contributed by atoms with van der Waals surface area (Å²) in [5, 5.41) is 3.03. The first-order chi connectivity index (χ1) is 15.9. The molecule has 0 saturated carbocycles. The van der Waals surface area contributed by atoms with E-state index in [4.69, 9.17) is 9.47 Å². The number of urea groups is 1. The second-order valence-electron chi connectivity index (χ2n) is 8.90. The van der Waals surface area contributed by atoms with E-state index in [1.165, 1.54) is 0 Å². The van der Waals surface area contributed by atoms with Crippen molar-refractivity contribution in [2.24, 2.45) is 5.41 Å².